The predicted molar refractivity (Wildman–Crippen MR) is 150 cm³/mol. The number of rotatable bonds is 10. The van der Waals surface area contributed by atoms with Crippen molar-refractivity contribution in [3.05, 3.63) is 89.2 Å². The molecule has 41 heavy (non-hydrogen) atoms. The molecule has 5 rings (SSSR count). The van der Waals surface area contributed by atoms with Gasteiger partial charge < -0.3 is 14.8 Å². The second-order valence-electron chi connectivity index (χ2n) is 9.42. The average Bonchev–Trinajstić information content (AvgIpc) is 3.68. The van der Waals surface area contributed by atoms with E-state index in [-0.39, 0.29) is 24.0 Å². The molecule has 0 saturated carbocycles. The molecule has 3 aromatic carbocycles. The van der Waals surface area contributed by atoms with Gasteiger partial charge in [0.25, 0.3) is 5.91 Å². The number of hydrogen-bond donors (Lipinski definition) is 1. The summed E-state index contributed by atoms with van der Waals surface area (Å²) in [6.07, 6.45) is 1.68. The number of nitrogens with zero attached hydrogens (tertiary/aromatic N) is 5. The summed E-state index contributed by atoms with van der Waals surface area (Å²) in [5.41, 5.74) is 1.14. The first kappa shape index (κ1) is 28.2. The molecule has 0 spiro atoms. The van der Waals surface area contributed by atoms with E-state index in [0.717, 1.165) is 17.6 Å². The lowest BCUT2D eigenvalue weighted by Gasteiger charge is -2.31. The van der Waals surface area contributed by atoms with E-state index in [2.05, 4.69) is 20.7 Å². The molecule has 10 nitrogen and oxygen atoms in total. The molecule has 1 N–H and O–H groups in total. The summed E-state index contributed by atoms with van der Waals surface area (Å²) in [6.45, 7) is 0.595. The van der Waals surface area contributed by atoms with Crippen LogP contribution in [0.25, 0.3) is 11.4 Å². The zero-order valence-electron chi connectivity index (χ0n) is 22.2. The molecule has 0 radical (unpaired) electrons. The van der Waals surface area contributed by atoms with Crippen molar-refractivity contribution < 1.29 is 23.5 Å². The van der Waals surface area contributed by atoms with Gasteiger partial charge in [-0.05, 0) is 72.1 Å². The Bertz CT molecular complexity index is 1490. The summed E-state index contributed by atoms with van der Waals surface area (Å²) >= 11 is 6.14. The summed E-state index contributed by atoms with van der Waals surface area (Å²) in [4.78, 5) is 30.2. The first-order valence-electron chi connectivity index (χ1n) is 13.1. The number of tetrazole rings is 1. The lowest BCUT2D eigenvalue weighted by atomic mass is 10.0. The fraction of sp³-hybridized carbons (Fsp3) is 0.276. The Morgan fingerprint density at radius 1 is 1.15 bits per heavy atom. The van der Waals surface area contributed by atoms with Gasteiger partial charge in [-0.1, -0.05) is 35.9 Å². The van der Waals surface area contributed by atoms with Crippen LogP contribution in [0.4, 0.5) is 10.1 Å². The third-order valence-electron chi connectivity index (χ3n) is 6.68. The Balaban J connectivity index is 1.49. The minimum atomic E-state index is -1.07. The summed E-state index contributed by atoms with van der Waals surface area (Å²) in [5, 5.41) is 15.5. The van der Waals surface area contributed by atoms with Crippen LogP contribution in [-0.4, -0.2) is 58.4 Å². The van der Waals surface area contributed by atoms with Gasteiger partial charge in [-0.2, -0.15) is 4.80 Å². The number of anilines is 1. The SMILES string of the molecule is COc1ccc(N(C(=O)Cn2nnc(-c3ccccc3F)n2)[C@H](C(=O)NC[C@H]2CCCO2)c2ccc(Cl)cc2)cc1. The van der Waals surface area contributed by atoms with Gasteiger partial charge in [0.1, 0.15) is 24.2 Å². The van der Waals surface area contributed by atoms with Gasteiger partial charge in [0, 0.05) is 23.9 Å². The molecule has 1 aliphatic rings. The molecule has 2 atom stereocenters. The Morgan fingerprint density at radius 2 is 1.90 bits per heavy atom. The molecule has 4 aromatic rings. The highest BCUT2D eigenvalue weighted by atomic mass is 35.5. The Labute approximate surface area is 241 Å². The van der Waals surface area contributed by atoms with Crippen LogP contribution in [0.15, 0.2) is 72.8 Å². The minimum Gasteiger partial charge on any atom is -0.497 e. The topological polar surface area (TPSA) is 111 Å². The van der Waals surface area contributed by atoms with Gasteiger partial charge in [-0.15, -0.1) is 10.2 Å². The van der Waals surface area contributed by atoms with Crippen LogP contribution in [-0.2, 0) is 20.9 Å². The van der Waals surface area contributed by atoms with Crippen molar-refractivity contribution in [1.82, 2.24) is 25.5 Å². The number of methoxy groups -OCH3 is 1. The minimum absolute atomic E-state index is 0.0375. The van der Waals surface area contributed by atoms with E-state index in [0.29, 0.717) is 35.2 Å². The Hall–Kier alpha value is -4.35. The smallest absolute Gasteiger partial charge is 0.251 e. The number of carbonyl (C=O) groups excluding carboxylic acids is 2. The summed E-state index contributed by atoms with van der Waals surface area (Å²) in [6, 6.07) is 18.5. The molecule has 12 heteroatoms. The second kappa shape index (κ2) is 12.9. The lowest BCUT2D eigenvalue weighted by Crippen LogP contribution is -2.46. The maximum absolute atomic E-state index is 14.3. The predicted octanol–water partition coefficient (Wildman–Crippen LogP) is 4.21. The first-order chi connectivity index (χ1) is 19.9. The van der Waals surface area contributed by atoms with E-state index < -0.39 is 23.7 Å². The molecule has 1 aliphatic heterocycles. The van der Waals surface area contributed by atoms with Crippen LogP contribution < -0.4 is 15.0 Å². The molecule has 0 unspecified atom stereocenters. The molecule has 1 aromatic heterocycles. The van der Waals surface area contributed by atoms with Crippen molar-refractivity contribution in [2.75, 3.05) is 25.2 Å². The maximum atomic E-state index is 14.3. The fourth-order valence-electron chi connectivity index (χ4n) is 4.62. The number of ether oxygens (including phenoxy) is 2. The van der Waals surface area contributed by atoms with E-state index in [9.17, 15) is 14.0 Å². The summed E-state index contributed by atoms with van der Waals surface area (Å²) < 4.78 is 25.2. The molecular formula is C29H28ClFN6O4. The van der Waals surface area contributed by atoms with E-state index in [1.54, 1.807) is 60.7 Å². The first-order valence-corrected chi connectivity index (χ1v) is 13.4. The van der Waals surface area contributed by atoms with Crippen molar-refractivity contribution in [3.8, 4) is 17.1 Å². The molecule has 1 saturated heterocycles. The van der Waals surface area contributed by atoms with Gasteiger partial charge in [0.2, 0.25) is 11.7 Å². The number of benzene rings is 3. The highest BCUT2D eigenvalue weighted by molar-refractivity contribution is 6.30. The Morgan fingerprint density at radius 3 is 2.59 bits per heavy atom. The summed E-state index contributed by atoms with van der Waals surface area (Å²) in [5.74, 6) is -0.788. The molecule has 1 fully saturated rings. The average molecular weight is 579 g/mol. The molecule has 0 bridgehead atoms. The van der Waals surface area contributed by atoms with Crippen LogP contribution >= 0.6 is 11.6 Å². The maximum Gasteiger partial charge on any atom is 0.251 e. The van der Waals surface area contributed by atoms with Crippen LogP contribution in [0.1, 0.15) is 24.4 Å². The zero-order valence-corrected chi connectivity index (χ0v) is 23.0. The second-order valence-corrected chi connectivity index (χ2v) is 9.86. The van der Waals surface area contributed by atoms with Crippen LogP contribution in [0.2, 0.25) is 5.02 Å². The van der Waals surface area contributed by atoms with E-state index in [4.69, 9.17) is 21.1 Å². The van der Waals surface area contributed by atoms with E-state index in [1.807, 2.05) is 0 Å². The van der Waals surface area contributed by atoms with Gasteiger partial charge in [-0.3, -0.25) is 14.5 Å². The van der Waals surface area contributed by atoms with Gasteiger partial charge in [0.15, 0.2) is 0 Å². The monoisotopic (exact) mass is 578 g/mol. The van der Waals surface area contributed by atoms with Crippen LogP contribution in [0, 0.1) is 5.82 Å². The van der Waals surface area contributed by atoms with E-state index >= 15 is 0 Å². The highest BCUT2D eigenvalue weighted by Crippen LogP contribution is 2.31. The normalized spacial score (nSPS) is 15.3. The standard InChI is InChI=1S/C29H28ClFN6O4/c1-40-22-14-12-21(13-15-22)37(26(38)18-36-34-28(33-35-36)24-6-2-3-7-25(24)31)27(19-8-10-20(30)11-9-19)29(39)32-17-23-5-4-16-41-23/h2-3,6-15,23,27H,4-5,16-18H2,1H3,(H,32,39)/t23-,27+/m1/s1. The zero-order chi connectivity index (χ0) is 28.8. The van der Waals surface area contributed by atoms with Crippen molar-refractivity contribution in [3.63, 3.8) is 0 Å². The number of halogens is 2. The summed E-state index contributed by atoms with van der Waals surface area (Å²) in [7, 11) is 1.54. The number of nitrogens with one attached hydrogen (secondary N) is 1. The molecule has 212 valence electrons. The molecule has 2 heterocycles. The van der Waals surface area contributed by atoms with Crippen molar-refractivity contribution in [2.45, 2.75) is 31.5 Å². The van der Waals surface area contributed by atoms with Crippen molar-refractivity contribution >= 4 is 29.1 Å². The Kier molecular flexibility index (Phi) is 8.85. The van der Waals surface area contributed by atoms with E-state index in [1.165, 1.54) is 24.1 Å². The lowest BCUT2D eigenvalue weighted by molar-refractivity contribution is -0.127. The number of carbonyl (C=O) groups is 2. The third kappa shape index (κ3) is 6.69. The van der Waals surface area contributed by atoms with Gasteiger partial charge in [0.05, 0.1) is 18.8 Å². The third-order valence-corrected chi connectivity index (χ3v) is 6.94. The molecule has 0 aliphatic carbocycles. The van der Waals surface area contributed by atoms with Crippen molar-refractivity contribution in [1.29, 1.82) is 0 Å². The molecule has 2 amide bonds. The molecular weight excluding hydrogens is 551 g/mol. The fourth-order valence-corrected chi connectivity index (χ4v) is 4.74. The largest absolute Gasteiger partial charge is 0.497 e. The van der Waals surface area contributed by atoms with Gasteiger partial charge in [-0.25, -0.2) is 4.39 Å². The highest BCUT2D eigenvalue weighted by Gasteiger charge is 2.34. The number of amides is 2. The van der Waals surface area contributed by atoms with Crippen LogP contribution in [0.5, 0.6) is 5.75 Å². The van der Waals surface area contributed by atoms with Gasteiger partial charge >= 0.3 is 0 Å². The number of aromatic nitrogens is 4. The quantitative estimate of drug-likeness (QED) is 0.300. The van der Waals surface area contributed by atoms with Crippen LogP contribution in [0.3, 0.4) is 0 Å². The van der Waals surface area contributed by atoms with Crippen molar-refractivity contribution in [2.24, 2.45) is 0 Å². The number of hydrogen-bond acceptors (Lipinski definition) is 7.